The summed E-state index contributed by atoms with van der Waals surface area (Å²) in [5.41, 5.74) is 0.667. The smallest absolute Gasteiger partial charge is 0.0820 e. The molecule has 0 unspecified atom stereocenters. The molecule has 0 aromatic rings. The van der Waals surface area contributed by atoms with Gasteiger partial charge < -0.3 is 4.90 Å². The van der Waals surface area contributed by atoms with Gasteiger partial charge in [-0.1, -0.05) is 26.1 Å². The zero-order valence-corrected chi connectivity index (χ0v) is 8.43. The summed E-state index contributed by atoms with van der Waals surface area (Å²) in [4.78, 5) is 2.14. The molecule has 0 N–H and O–H groups in total. The van der Waals surface area contributed by atoms with Crippen LogP contribution in [-0.4, -0.2) is 39.0 Å². The van der Waals surface area contributed by atoms with E-state index in [0.29, 0.717) is 5.41 Å². The lowest BCUT2D eigenvalue weighted by Gasteiger charge is -2.49. The van der Waals surface area contributed by atoms with E-state index in [4.69, 9.17) is 15.7 Å². The predicted octanol–water partition coefficient (Wildman–Crippen LogP) is 1.12. The molecule has 1 aliphatic heterocycles. The van der Waals surface area contributed by atoms with Gasteiger partial charge in [-0.2, -0.15) is 0 Å². The molecule has 0 atom stereocenters. The Morgan fingerprint density at radius 2 is 1.58 bits per heavy atom. The summed E-state index contributed by atoms with van der Waals surface area (Å²) in [7, 11) is 11.4. The van der Waals surface area contributed by atoms with Gasteiger partial charge in [0.2, 0.25) is 0 Å². The summed E-state index contributed by atoms with van der Waals surface area (Å²) in [6.07, 6.45) is 2.78. The molecule has 0 aromatic heterocycles. The summed E-state index contributed by atoms with van der Waals surface area (Å²) < 4.78 is 0. The first-order valence-electron chi connectivity index (χ1n) is 4.85. The van der Waals surface area contributed by atoms with Crippen LogP contribution in [0, 0.1) is 5.41 Å². The average molecular weight is 161 g/mol. The molecule has 3 heteroatoms. The van der Waals surface area contributed by atoms with Crippen molar-refractivity contribution in [2.75, 3.05) is 13.1 Å². The van der Waals surface area contributed by atoms with E-state index in [-0.39, 0.29) is 0 Å². The second-order valence-corrected chi connectivity index (χ2v) is 4.08. The first kappa shape index (κ1) is 10.2. The van der Waals surface area contributed by atoms with Crippen molar-refractivity contribution in [3.63, 3.8) is 0 Å². The van der Waals surface area contributed by atoms with E-state index in [0.717, 1.165) is 13.1 Å². The first-order valence-corrected chi connectivity index (χ1v) is 4.85. The molecule has 64 valence electrons. The number of nitrogens with zero attached hydrogens (tertiary/aromatic N) is 1. The third kappa shape index (κ3) is 1.87. The largest absolute Gasteiger partial charge is 0.314 e. The number of hydrogen-bond acceptors (Lipinski definition) is 1. The third-order valence-electron chi connectivity index (χ3n) is 2.69. The van der Waals surface area contributed by atoms with E-state index >= 15 is 0 Å². The summed E-state index contributed by atoms with van der Waals surface area (Å²) in [5.74, 6) is 0. The highest BCUT2D eigenvalue weighted by Crippen LogP contribution is 2.53. The van der Waals surface area contributed by atoms with Gasteiger partial charge in [0.1, 0.15) is 0 Å². The van der Waals surface area contributed by atoms with Gasteiger partial charge in [0.25, 0.3) is 0 Å². The van der Waals surface area contributed by atoms with E-state index in [9.17, 15) is 0 Å². The monoisotopic (exact) mass is 161 g/mol. The lowest BCUT2D eigenvalue weighted by atomic mass is 9.60. The van der Waals surface area contributed by atoms with Crippen molar-refractivity contribution < 1.29 is 0 Å². The van der Waals surface area contributed by atoms with Gasteiger partial charge in [-0.25, -0.2) is 0 Å². The molecule has 0 bridgehead atoms. The van der Waals surface area contributed by atoms with Crippen molar-refractivity contribution in [2.24, 2.45) is 5.41 Å². The van der Waals surface area contributed by atoms with Crippen molar-refractivity contribution in [1.82, 2.24) is 4.90 Å². The van der Waals surface area contributed by atoms with Crippen molar-refractivity contribution in [1.29, 1.82) is 0 Å². The quantitative estimate of drug-likeness (QED) is 0.520. The van der Waals surface area contributed by atoms with Gasteiger partial charge in [-0.05, 0) is 18.3 Å². The Labute approximate surface area is 78.7 Å². The fraction of sp³-hybridized carbons (Fsp3) is 1.00. The van der Waals surface area contributed by atoms with Gasteiger partial charge in [-0.3, -0.25) is 0 Å². The number of rotatable bonds is 1. The maximum atomic E-state index is 5.69. The van der Waals surface area contributed by atoms with Crippen LogP contribution in [0.5, 0.6) is 0 Å². The maximum absolute atomic E-state index is 5.69. The lowest BCUT2D eigenvalue weighted by Crippen LogP contribution is -2.60. The number of hydrogen-bond donors (Lipinski definition) is 0. The van der Waals surface area contributed by atoms with Crippen molar-refractivity contribution in [3.8, 4) is 0 Å². The molecule has 1 heterocycles. The molecule has 2 rings (SSSR count). The van der Waals surface area contributed by atoms with Crippen LogP contribution in [-0.2, 0) is 0 Å². The second-order valence-electron chi connectivity index (χ2n) is 4.08. The van der Waals surface area contributed by atoms with E-state index in [1.54, 1.807) is 0 Å². The first-order chi connectivity index (χ1) is 5.52. The van der Waals surface area contributed by atoms with Crippen LogP contribution in [0.1, 0.15) is 33.6 Å². The van der Waals surface area contributed by atoms with Crippen LogP contribution in [0.25, 0.3) is 0 Å². The zero-order valence-electron chi connectivity index (χ0n) is 8.43. The minimum Gasteiger partial charge on any atom is -0.314 e. The molecule has 12 heavy (non-hydrogen) atoms. The van der Waals surface area contributed by atoms with Crippen LogP contribution in [0.15, 0.2) is 0 Å². The lowest BCUT2D eigenvalue weighted by molar-refractivity contribution is 0.0566. The molecular weight excluding hydrogens is 144 g/mol. The Balaban J connectivity index is 0.000000336. The summed E-state index contributed by atoms with van der Waals surface area (Å²) in [6.45, 7) is 8.11. The highest BCUT2D eigenvalue weighted by atomic mass is 15.3. The van der Waals surface area contributed by atoms with E-state index in [2.05, 4.69) is 4.90 Å². The van der Waals surface area contributed by atoms with Crippen LogP contribution in [0.2, 0.25) is 0 Å². The molecule has 1 saturated carbocycles. The topological polar surface area (TPSA) is 3.24 Å². The highest BCUT2D eigenvalue weighted by molar-refractivity contribution is 6.39. The Kier molecular flexibility index (Phi) is 2.63. The molecule has 2 fully saturated rings. The van der Waals surface area contributed by atoms with E-state index in [1.165, 1.54) is 12.8 Å². The van der Waals surface area contributed by atoms with Gasteiger partial charge in [0.15, 0.2) is 0 Å². The van der Waals surface area contributed by atoms with Crippen molar-refractivity contribution in [2.45, 2.75) is 39.0 Å². The van der Waals surface area contributed by atoms with Crippen LogP contribution >= 0.6 is 0 Å². The Bertz CT molecular complexity index is 150. The van der Waals surface area contributed by atoms with Crippen LogP contribution in [0.3, 0.4) is 0 Å². The SMILES string of the molecule is CC.[B]C([B])(C)N1CC2(CC2)C1. The molecule has 1 nitrogen and oxygen atoms in total. The average Bonchev–Trinajstić information content (AvgIpc) is 2.64. The maximum Gasteiger partial charge on any atom is 0.0820 e. The molecule has 2 aliphatic rings. The molecule has 1 saturated heterocycles. The summed E-state index contributed by atoms with van der Waals surface area (Å²) in [5, 5.41) is -0.576. The molecule has 4 radical (unpaired) electrons. The van der Waals surface area contributed by atoms with Gasteiger partial charge in [-0.15, -0.1) is 0 Å². The highest BCUT2D eigenvalue weighted by Gasteiger charge is 2.53. The minimum atomic E-state index is -0.576. The van der Waals surface area contributed by atoms with Crippen molar-refractivity contribution >= 4 is 15.7 Å². The van der Waals surface area contributed by atoms with Crippen LogP contribution in [0.4, 0.5) is 0 Å². The van der Waals surface area contributed by atoms with E-state index < -0.39 is 5.34 Å². The Morgan fingerprint density at radius 3 is 1.83 bits per heavy atom. The standard InChI is InChI=1S/C7H11B2N.C2H6/c1-6(8,9)10-4-7(5-10)2-3-7;1-2/h2-5H2,1H3;1-2H3. The molecular formula is C9H17B2N. The zero-order chi connectivity index (χ0) is 9.41. The molecule has 0 amide bonds. The van der Waals surface area contributed by atoms with E-state index in [1.807, 2.05) is 20.8 Å². The second kappa shape index (κ2) is 3.10. The fourth-order valence-electron chi connectivity index (χ4n) is 1.60. The molecule has 1 aliphatic carbocycles. The molecule has 0 aromatic carbocycles. The summed E-state index contributed by atoms with van der Waals surface area (Å²) in [6, 6.07) is 0. The Hall–Kier alpha value is 0.0899. The summed E-state index contributed by atoms with van der Waals surface area (Å²) >= 11 is 0. The third-order valence-corrected chi connectivity index (χ3v) is 2.69. The normalized spacial score (nSPS) is 25.6. The molecule has 1 spiro atoms. The van der Waals surface area contributed by atoms with Gasteiger partial charge >= 0.3 is 0 Å². The Morgan fingerprint density at radius 1 is 1.17 bits per heavy atom. The van der Waals surface area contributed by atoms with Crippen LogP contribution < -0.4 is 0 Å². The minimum absolute atomic E-state index is 0.576. The van der Waals surface area contributed by atoms with Gasteiger partial charge in [0, 0.05) is 13.1 Å². The predicted molar refractivity (Wildman–Crippen MR) is 54.5 cm³/mol. The van der Waals surface area contributed by atoms with Gasteiger partial charge in [0.05, 0.1) is 15.7 Å². The van der Waals surface area contributed by atoms with Crippen molar-refractivity contribution in [3.05, 3.63) is 0 Å². The fourth-order valence-corrected chi connectivity index (χ4v) is 1.60. The number of likely N-dealkylation sites (tertiary alicyclic amines) is 1.